The Morgan fingerprint density at radius 1 is 0.655 bits per heavy atom. The summed E-state index contributed by atoms with van der Waals surface area (Å²) in [6, 6.07) is 25.3. The number of ketones is 2. The third-order valence-corrected chi connectivity index (χ3v) is 5.79. The number of anilines is 1. The van der Waals surface area contributed by atoms with Crippen LogP contribution in [0.2, 0.25) is 0 Å². The number of para-hydroxylation sites is 1. The van der Waals surface area contributed by atoms with Gasteiger partial charge in [-0.3, -0.25) is 9.59 Å². The van der Waals surface area contributed by atoms with Crippen molar-refractivity contribution < 1.29 is 9.59 Å². The number of hydrogen-bond acceptors (Lipinski definition) is 3. The van der Waals surface area contributed by atoms with Crippen molar-refractivity contribution in [2.75, 3.05) is 18.0 Å². The lowest BCUT2D eigenvalue weighted by atomic mass is 9.83. The summed E-state index contributed by atoms with van der Waals surface area (Å²) in [5, 5.41) is 0. The topological polar surface area (TPSA) is 37.4 Å². The second-order valence-electron chi connectivity index (χ2n) is 7.91. The van der Waals surface area contributed by atoms with E-state index in [-0.39, 0.29) is 23.4 Å². The van der Waals surface area contributed by atoms with Crippen molar-refractivity contribution in [1.29, 1.82) is 0 Å². The maximum absolute atomic E-state index is 13.4. The quantitative estimate of drug-likeness (QED) is 0.574. The van der Waals surface area contributed by atoms with Crippen molar-refractivity contribution in [3.05, 3.63) is 101 Å². The van der Waals surface area contributed by atoms with Gasteiger partial charge in [0.2, 0.25) is 0 Å². The third kappa shape index (κ3) is 4.00. The van der Waals surface area contributed by atoms with Gasteiger partial charge in [0.1, 0.15) is 0 Å². The van der Waals surface area contributed by atoms with E-state index in [0.717, 1.165) is 16.8 Å². The molecule has 3 nitrogen and oxygen atoms in total. The summed E-state index contributed by atoms with van der Waals surface area (Å²) in [4.78, 5) is 28.9. The molecule has 0 radical (unpaired) electrons. The first-order chi connectivity index (χ1) is 14.0. The molecule has 0 N–H and O–H groups in total. The molecule has 0 aliphatic carbocycles. The van der Waals surface area contributed by atoms with Crippen LogP contribution in [-0.2, 0) is 0 Å². The lowest BCUT2D eigenvalue weighted by Crippen LogP contribution is -2.29. The van der Waals surface area contributed by atoms with Crippen molar-refractivity contribution in [3.63, 3.8) is 0 Å². The maximum atomic E-state index is 13.4. The summed E-state index contributed by atoms with van der Waals surface area (Å²) in [5.41, 5.74) is 4.64. The zero-order valence-corrected chi connectivity index (χ0v) is 16.8. The van der Waals surface area contributed by atoms with E-state index in [1.165, 1.54) is 0 Å². The minimum Gasteiger partial charge on any atom is -0.370 e. The fraction of sp³-hybridized carbons (Fsp3) is 0.231. The highest BCUT2D eigenvalue weighted by molar-refractivity contribution is 6.06. The highest BCUT2D eigenvalue weighted by atomic mass is 16.1. The molecule has 1 aliphatic heterocycles. The van der Waals surface area contributed by atoms with E-state index in [0.29, 0.717) is 24.2 Å². The fourth-order valence-corrected chi connectivity index (χ4v) is 4.05. The van der Waals surface area contributed by atoms with Gasteiger partial charge in [0, 0.05) is 29.9 Å². The van der Waals surface area contributed by atoms with Crippen LogP contribution in [0.1, 0.15) is 31.8 Å². The SMILES string of the molecule is Cc1ccc(C(=O)[C@H]2CN(c3ccccc3)C[C@H]2C(=O)c2ccc(C)cc2)cc1. The summed E-state index contributed by atoms with van der Waals surface area (Å²) in [6.45, 7) is 5.12. The molecule has 0 spiro atoms. The Bertz CT molecular complexity index is 941. The van der Waals surface area contributed by atoms with Gasteiger partial charge in [0.15, 0.2) is 11.6 Å². The van der Waals surface area contributed by atoms with E-state index in [1.807, 2.05) is 92.7 Å². The van der Waals surface area contributed by atoms with Crippen LogP contribution in [0, 0.1) is 25.7 Å². The molecular formula is C26H25NO2. The van der Waals surface area contributed by atoms with E-state index in [2.05, 4.69) is 4.90 Å². The average Bonchev–Trinajstić information content (AvgIpc) is 3.20. The summed E-state index contributed by atoms with van der Waals surface area (Å²) < 4.78 is 0. The van der Waals surface area contributed by atoms with Crippen LogP contribution in [0.4, 0.5) is 5.69 Å². The van der Waals surface area contributed by atoms with Gasteiger partial charge in [-0.15, -0.1) is 0 Å². The van der Waals surface area contributed by atoms with Crippen LogP contribution in [0.15, 0.2) is 78.9 Å². The van der Waals surface area contributed by atoms with Crippen LogP contribution in [-0.4, -0.2) is 24.7 Å². The summed E-state index contributed by atoms with van der Waals surface area (Å²) >= 11 is 0. The molecule has 0 amide bonds. The number of aryl methyl sites for hydroxylation is 2. The van der Waals surface area contributed by atoms with Gasteiger partial charge in [0.25, 0.3) is 0 Å². The molecule has 3 heteroatoms. The van der Waals surface area contributed by atoms with Crippen LogP contribution >= 0.6 is 0 Å². The molecule has 1 saturated heterocycles. The zero-order valence-electron chi connectivity index (χ0n) is 16.8. The first-order valence-electron chi connectivity index (χ1n) is 10.0. The number of nitrogens with zero attached hydrogens (tertiary/aromatic N) is 1. The lowest BCUT2D eigenvalue weighted by molar-refractivity contribution is 0.0809. The van der Waals surface area contributed by atoms with Crippen molar-refractivity contribution in [2.24, 2.45) is 11.8 Å². The minimum absolute atomic E-state index is 0.0499. The molecule has 4 rings (SSSR count). The standard InChI is InChI=1S/C26H25NO2/c1-18-8-12-20(13-9-18)25(28)23-16-27(22-6-4-3-5-7-22)17-24(23)26(29)21-14-10-19(2)11-15-21/h3-15,23-24H,16-17H2,1-2H3/t23-,24+. The number of Topliss-reactive ketones (excluding diaryl/α,β-unsaturated/α-hetero) is 2. The van der Waals surface area contributed by atoms with Gasteiger partial charge in [-0.2, -0.15) is 0 Å². The highest BCUT2D eigenvalue weighted by Crippen LogP contribution is 2.33. The molecule has 0 saturated carbocycles. The molecule has 0 aromatic heterocycles. The summed E-state index contributed by atoms with van der Waals surface area (Å²) in [5.74, 6) is -0.610. The number of carbonyl (C=O) groups excluding carboxylic acids is 2. The highest BCUT2D eigenvalue weighted by Gasteiger charge is 2.42. The van der Waals surface area contributed by atoms with Gasteiger partial charge >= 0.3 is 0 Å². The monoisotopic (exact) mass is 383 g/mol. The van der Waals surface area contributed by atoms with Gasteiger partial charge in [0.05, 0.1) is 11.8 Å². The van der Waals surface area contributed by atoms with Gasteiger partial charge in [-0.05, 0) is 26.0 Å². The minimum atomic E-state index is -0.355. The van der Waals surface area contributed by atoms with Gasteiger partial charge < -0.3 is 4.90 Å². The molecular weight excluding hydrogens is 358 g/mol. The first kappa shape index (κ1) is 19.1. The number of benzene rings is 3. The van der Waals surface area contributed by atoms with E-state index in [9.17, 15) is 9.59 Å². The Morgan fingerprint density at radius 3 is 1.48 bits per heavy atom. The van der Waals surface area contributed by atoms with Crippen LogP contribution in [0.3, 0.4) is 0 Å². The third-order valence-electron chi connectivity index (χ3n) is 5.79. The normalized spacial score (nSPS) is 18.6. The van der Waals surface area contributed by atoms with Crippen LogP contribution < -0.4 is 4.90 Å². The predicted octanol–water partition coefficient (Wildman–Crippen LogP) is 5.12. The van der Waals surface area contributed by atoms with E-state index in [1.54, 1.807) is 0 Å². The first-order valence-corrected chi connectivity index (χ1v) is 10.0. The molecule has 29 heavy (non-hydrogen) atoms. The average molecular weight is 383 g/mol. The molecule has 0 unspecified atom stereocenters. The maximum Gasteiger partial charge on any atom is 0.168 e. The number of rotatable bonds is 5. The lowest BCUT2D eigenvalue weighted by Gasteiger charge is -2.18. The van der Waals surface area contributed by atoms with Crippen LogP contribution in [0.25, 0.3) is 0 Å². The Morgan fingerprint density at radius 2 is 1.07 bits per heavy atom. The smallest absolute Gasteiger partial charge is 0.168 e. The molecule has 3 aromatic carbocycles. The Balaban J connectivity index is 1.66. The van der Waals surface area contributed by atoms with Crippen molar-refractivity contribution in [1.82, 2.24) is 0 Å². The molecule has 1 aliphatic rings. The Hall–Kier alpha value is -3.20. The number of carbonyl (C=O) groups is 2. The molecule has 1 heterocycles. The molecule has 0 bridgehead atoms. The van der Waals surface area contributed by atoms with E-state index >= 15 is 0 Å². The largest absolute Gasteiger partial charge is 0.370 e. The summed E-state index contributed by atoms with van der Waals surface area (Å²) in [7, 11) is 0. The Kier molecular flexibility index (Phi) is 5.30. The summed E-state index contributed by atoms with van der Waals surface area (Å²) in [6.07, 6.45) is 0. The zero-order chi connectivity index (χ0) is 20.4. The van der Waals surface area contributed by atoms with Crippen molar-refractivity contribution in [2.45, 2.75) is 13.8 Å². The van der Waals surface area contributed by atoms with Crippen molar-refractivity contribution in [3.8, 4) is 0 Å². The second-order valence-corrected chi connectivity index (χ2v) is 7.91. The number of hydrogen-bond donors (Lipinski definition) is 0. The second kappa shape index (κ2) is 8.04. The van der Waals surface area contributed by atoms with E-state index in [4.69, 9.17) is 0 Å². The van der Waals surface area contributed by atoms with Gasteiger partial charge in [-0.1, -0.05) is 77.9 Å². The Labute approximate surface area is 172 Å². The predicted molar refractivity (Wildman–Crippen MR) is 117 cm³/mol. The van der Waals surface area contributed by atoms with Crippen LogP contribution in [0.5, 0.6) is 0 Å². The van der Waals surface area contributed by atoms with Gasteiger partial charge in [-0.25, -0.2) is 0 Å². The molecule has 2 atom stereocenters. The molecule has 3 aromatic rings. The van der Waals surface area contributed by atoms with Crippen molar-refractivity contribution >= 4 is 17.3 Å². The van der Waals surface area contributed by atoms with E-state index < -0.39 is 0 Å². The fourth-order valence-electron chi connectivity index (χ4n) is 4.05. The molecule has 146 valence electrons. The molecule has 1 fully saturated rings.